The molecule has 3 aromatic carbocycles. The van der Waals surface area contributed by atoms with Gasteiger partial charge in [0.25, 0.3) is 0 Å². The number of rotatable bonds is 1. The van der Waals surface area contributed by atoms with E-state index in [0.717, 1.165) is 22.3 Å². The summed E-state index contributed by atoms with van der Waals surface area (Å²) in [6.07, 6.45) is 0. The van der Waals surface area contributed by atoms with Crippen LogP contribution in [-0.4, -0.2) is 0 Å². The van der Waals surface area contributed by atoms with Crippen molar-refractivity contribution in [2.75, 3.05) is 0 Å². The Balaban J connectivity index is 1.94. The highest BCUT2D eigenvalue weighted by Gasteiger charge is 2.15. The van der Waals surface area contributed by atoms with Crippen molar-refractivity contribution in [2.24, 2.45) is 0 Å². The average molecular weight is 275 g/mol. The Bertz CT molecular complexity index is 942. The van der Waals surface area contributed by atoms with Crippen molar-refractivity contribution in [3.05, 3.63) is 78.6 Å². The minimum absolute atomic E-state index is 0.245. The Morgan fingerprint density at radius 3 is 2.33 bits per heavy atom. The van der Waals surface area contributed by atoms with Gasteiger partial charge in [0.2, 0.25) is 0 Å². The molecule has 1 heterocycles. The first-order valence-corrected chi connectivity index (χ1v) is 6.82. The fourth-order valence-corrected chi connectivity index (χ4v) is 2.62. The molecule has 21 heavy (non-hydrogen) atoms. The van der Waals surface area contributed by atoms with Gasteiger partial charge in [-0.2, -0.15) is 0 Å². The van der Waals surface area contributed by atoms with Crippen molar-refractivity contribution >= 4 is 21.7 Å². The first-order valence-electron chi connectivity index (χ1n) is 6.82. The van der Waals surface area contributed by atoms with Gasteiger partial charge in [-0.25, -0.2) is 8.81 Å². The maximum Gasteiger partial charge on any atom is 0.361 e. The fourth-order valence-electron chi connectivity index (χ4n) is 2.62. The van der Waals surface area contributed by atoms with E-state index in [-0.39, 0.29) is 5.82 Å². The number of benzene rings is 3. The lowest BCUT2D eigenvalue weighted by Crippen LogP contribution is -1.82. The lowest BCUT2D eigenvalue weighted by atomic mass is 10.1. The summed E-state index contributed by atoms with van der Waals surface area (Å²) < 4.78 is 19.0. The molecule has 4 aromatic rings. The van der Waals surface area contributed by atoms with Gasteiger partial charge in [-0.1, -0.05) is 24.3 Å². The molecule has 2 heteroatoms. The Morgan fingerprint density at radius 2 is 1.48 bits per heavy atom. The van der Waals surface area contributed by atoms with Gasteiger partial charge in [-0.3, -0.25) is 0 Å². The topological polar surface area (TPSA) is 11.3 Å². The van der Waals surface area contributed by atoms with E-state index >= 15 is 0 Å². The van der Waals surface area contributed by atoms with Crippen LogP contribution in [0.2, 0.25) is 0 Å². The Labute approximate surface area is 121 Å². The summed E-state index contributed by atoms with van der Waals surface area (Å²) in [6, 6.07) is 22.6. The van der Waals surface area contributed by atoms with Gasteiger partial charge in [0.15, 0.2) is 0 Å². The summed E-state index contributed by atoms with van der Waals surface area (Å²) in [5, 5.41) is 3.44. The van der Waals surface area contributed by atoms with Crippen LogP contribution in [0.15, 0.2) is 77.2 Å². The van der Waals surface area contributed by atoms with Gasteiger partial charge >= 0.3 is 11.3 Å². The number of halogens is 1. The van der Waals surface area contributed by atoms with Crippen LogP contribution >= 0.6 is 0 Å². The summed E-state index contributed by atoms with van der Waals surface area (Å²) >= 11 is 0. The third-order valence-corrected chi connectivity index (χ3v) is 3.68. The van der Waals surface area contributed by atoms with Crippen LogP contribution in [0.25, 0.3) is 33.1 Å². The van der Waals surface area contributed by atoms with E-state index in [0.29, 0.717) is 0 Å². The van der Waals surface area contributed by atoms with E-state index in [1.165, 1.54) is 22.9 Å². The smallest absolute Gasteiger partial charge is 0.207 e. The molecule has 100 valence electrons. The van der Waals surface area contributed by atoms with Crippen molar-refractivity contribution in [1.82, 2.24) is 0 Å². The summed E-state index contributed by atoms with van der Waals surface area (Å²) in [7, 11) is 0. The zero-order chi connectivity index (χ0) is 14.2. The molecule has 0 aliphatic carbocycles. The predicted octanol–water partition coefficient (Wildman–Crippen LogP) is 5.67. The molecule has 0 atom stereocenters. The van der Waals surface area contributed by atoms with Crippen LogP contribution in [0, 0.1) is 5.82 Å². The predicted molar refractivity (Wildman–Crippen MR) is 83.5 cm³/mol. The summed E-state index contributed by atoms with van der Waals surface area (Å²) in [6.45, 7) is 0. The van der Waals surface area contributed by atoms with E-state index in [9.17, 15) is 4.39 Å². The SMILES string of the molecule is Fc1ccc(-c2ccc3c(ccc4ccccc43)[o+]2)cc1. The van der Waals surface area contributed by atoms with Crippen LogP contribution in [0.1, 0.15) is 0 Å². The maximum absolute atomic E-state index is 13.0. The number of hydrogen-bond acceptors (Lipinski definition) is 0. The quantitative estimate of drug-likeness (QED) is 0.321. The third-order valence-electron chi connectivity index (χ3n) is 3.68. The monoisotopic (exact) mass is 275 g/mol. The van der Waals surface area contributed by atoms with Crippen molar-refractivity contribution in [3.63, 3.8) is 0 Å². The molecule has 0 amide bonds. The summed E-state index contributed by atoms with van der Waals surface area (Å²) in [5.74, 6) is 0.489. The van der Waals surface area contributed by atoms with Gasteiger partial charge < -0.3 is 0 Å². The minimum Gasteiger partial charge on any atom is -0.207 e. The molecular weight excluding hydrogens is 263 g/mol. The molecule has 0 saturated carbocycles. The number of hydrogen-bond donors (Lipinski definition) is 0. The van der Waals surface area contributed by atoms with Crippen LogP contribution in [0.3, 0.4) is 0 Å². The highest BCUT2D eigenvalue weighted by Crippen LogP contribution is 2.29. The lowest BCUT2D eigenvalue weighted by Gasteiger charge is -1.98. The molecule has 4 rings (SSSR count). The largest absolute Gasteiger partial charge is 0.361 e. The summed E-state index contributed by atoms with van der Waals surface area (Å²) in [4.78, 5) is 0. The van der Waals surface area contributed by atoms with Gasteiger partial charge in [0.1, 0.15) is 5.82 Å². The molecule has 0 bridgehead atoms. The van der Waals surface area contributed by atoms with Crippen LogP contribution < -0.4 is 0 Å². The van der Waals surface area contributed by atoms with Crippen molar-refractivity contribution in [3.8, 4) is 11.3 Å². The molecule has 0 radical (unpaired) electrons. The van der Waals surface area contributed by atoms with E-state index in [4.69, 9.17) is 4.42 Å². The van der Waals surface area contributed by atoms with Gasteiger partial charge in [-0.05, 0) is 47.2 Å². The maximum atomic E-state index is 13.0. The highest BCUT2D eigenvalue weighted by molar-refractivity contribution is 6.05. The van der Waals surface area contributed by atoms with E-state index in [2.05, 4.69) is 24.3 Å². The zero-order valence-corrected chi connectivity index (χ0v) is 11.2. The molecule has 1 aromatic heterocycles. The molecule has 1 nitrogen and oxygen atoms in total. The van der Waals surface area contributed by atoms with E-state index in [1.807, 2.05) is 24.3 Å². The first kappa shape index (κ1) is 12.0. The molecule has 0 spiro atoms. The minimum atomic E-state index is -0.245. The van der Waals surface area contributed by atoms with Crippen LogP contribution in [0.5, 0.6) is 0 Å². The zero-order valence-electron chi connectivity index (χ0n) is 11.2. The fraction of sp³-hybridized carbons (Fsp3) is 0. The summed E-state index contributed by atoms with van der Waals surface area (Å²) in [5.41, 5.74) is 1.70. The van der Waals surface area contributed by atoms with E-state index in [1.54, 1.807) is 12.1 Å². The van der Waals surface area contributed by atoms with E-state index < -0.39 is 0 Å². The second-order valence-corrected chi connectivity index (χ2v) is 5.01. The van der Waals surface area contributed by atoms with Crippen LogP contribution in [0.4, 0.5) is 4.39 Å². The molecule has 0 aliphatic rings. The molecular formula is C19H12FO+. The van der Waals surface area contributed by atoms with Gasteiger partial charge in [-0.15, -0.1) is 0 Å². The molecule has 0 saturated heterocycles. The molecule has 0 aliphatic heterocycles. The Kier molecular flexibility index (Phi) is 2.68. The molecule has 0 unspecified atom stereocenters. The molecule has 0 N–H and O–H groups in total. The lowest BCUT2D eigenvalue weighted by molar-refractivity contribution is 0.617. The average Bonchev–Trinajstić information content (AvgIpc) is 2.55. The first-order chi connectivity index (χ1) is 10.3. The van der Waals surface area contributed by atoms with Gasteiger partial charge in [0.05, 0.1) is 10.9 Å². The van der Waals surface area contributed by atoms with Crippen molar-refractivity contribution in [2.45, 2.75) is 0 Å². The standard InChI is InChI=1S/C19H12FO/c20-15-8-5-14(6-9-15)18-12-10-17-16-4-2-1-3-13(16)7-11-19(17)21-18/h1-12H/q+1. The van der Waals surface area contributed by atoms with Crippen molar-refractivity contribution < 1.29 is 8.81 Å². The Morgan fingerprint density at radius 1 is 0.667 bits per heavy atom. The second kappa shape index (κ2) is 4.67. The second-order valence-electron chi connectivity index (χ2n) is 5.01. The van der Waals surface area contributed by atoms with Gasteiger partial charge in [0, 0.05) is 12.1 Å². The normalized spacial score (nSPS) is 11.1. The van der Waals surface area contributed by atoms with Crippen molar-refractivity contribution in [1.29, 1.82) is 0 Å². The highest BCUT2D eigenvalue weighted by atomic mass is 19.1. The molecule has 0 fully saturated rings. The third kappa shape index (κ3) is 2.05. The number of fused-ring (bicyclic) bond motifs is 3. The van der Waals surface area contributed by atoms with Crippen LogP contribution in [-0.2, 0) is 0 Å². The Hall–Kier alpha value is -2.74.